The van der Waals surface area contributed by atoms with E-state index >= 15 is 0 Å². The van der Waals surface area contributed by atoms with Gasteiger partial charge in [-0.2, -0.15) is 0 Å². The summed E-state index contributed by atoms with van der Waals surface area (Å²) in [5, 5.41) is 43.2. The van der Waals surface area contributed by atoms with Crippen LogP contribution in [0.5, 0.6) is 28.7 Å². The molecule has 0 aromatic heterocycles. The molecule has 0 aliphatic rings. The molecule has 0 aliphatic heterocycles. The number of ether oxygens (including phenoxy) is 3. The first kappa shape index (κ1) is 65.0. The maximum Gasteiger partial charge on any atom is 0.488 e. The average Bonchev–Trinajstić information content (AvgIpc) is 3.57. The number of carboxylic acid groups (broad SMARTS) is 1. The Morgan fingerprint density at radius 2 is 0.690 bits per heavy atom. The molecular weight excluding hydrogens is 1190 g/mol. The van der Waals surface area contributed by atoms with E-state index in [1.165, 1.54) is 146 Å². The van der Waals surface area contributed by atoms with Gasteiger partial charge in [0.05, 0.1) is 4.47 Å². The van der Waals surface area contributed by atoms with E-state index in [4.69, 9.17) is 39.6 Å². The van der Waals surface area contributed by atoms with Crippen molar-refractivity contribution in [2.45, 2.75) is 12.8 Å². The third-order valence-electron chi connectivity index (χ3n) is 10.5. The molecule has 9 rings (SSSR count). The number of hydrogen-bond acceptors (Lipinski definition) is 11. The normalized spacial score (nSPS) is 10.2. The molecule has 0 bridgehead atoms. The average molecular weight is 1230 g/mol. The number of rotatable bonds is 11. The molecule has 9 aromatic rings. The Kier molecular flexibility index (Phi) is 24.3. The van der Waals surface area contributed by atoms with Gasteiger partial charge in [0.25, 0.3) is 0 Å². The molecule has 84 heavy (non-hydrogen) atoms. The van der Waals surface area contributed by atoms with E-state index in [0.717, 1.165) is 36.4 Å². The molecule has 12 nitrogen and oxygen atoms in total. The second kappa shape index (κ2) is 31.4. The molecule has 0 amide bonds. The third-order valence-corrected chi connectivity index (χ3v) is 11.2. The van der Waals surface area contributed by atoms with Crippen LogP contribution in [0.1, 0.15) is 12.8 Å². The highest BCUT2D eigenvalue weighted by molar-refractivity contribution is 9.10. The molecule has 0 fully saturated rings. The van der Waals surface area contributed by atoms with Gasteiger partial charge < -0.3 is 39.6 Å². The second-order valence-corrected chi connectivity index (χ2v) is 17.6. The van der Waals surface area contributed by atoms with Crippen LogP contribution < -0.4 is 19.7 Å². The number of carboxylic acids is 1. The lowest BCUT2D eigenvalue weighted by atomic mass is 9.80. The van der Waals surface area contributed by atoms with Crippen LogP contribution in [-0.2, 0) is 19.2 Å². The molecule has 0 spiro atoms. The summed E-state index contributed by atoms with van der Waals surface area (Å²) in [5.74, 6) is -11.5. The molecule has 0 saturated carbocycles. The van der Waals surface area contributed by atoms with Crippen molar-refractivity contribution in [1.29, 1.82) is 0 Å². The van der Waals surface area contributed by atoms with Crippen LogP contribution in [0.25, 0.3) is 33.4 Å². The molecule has 24 heteroatoms. The maximum atomic E-state index is 14.3. The molecule has 5 N–H and O–H groups in total. The summed E-state index contributed by atoms with van der Waals surface area (Å²) in [6.07, 6.45) is -1.64. The highest BCUT2D eigenvalue weighted by atomic mass is 79.9. The van der Waals surface area contributed by atoms with Gasteiger partial charge in [-0.05, 0) is 147 Å². The predicted octanol–water partition coefficient (Wildman–Crippen LogP) is 13.0. The Morgan fingerprint density at radius 1 is 0.369 bits per heavy atom. The summed E-state index contributed by atoms with van der Waals surface area (Å²) in [6, 6.07) is 38.4. The minimum Gasteiger partial charge on any atom is -0.508 e. The summed E-state index contributed by atoms with van der Waals surface area (Å²) < 4.78 is 145. The molecule has 432 valence electrons. The molecule has 0 heterocycles. The smallest absolute Gasteiger partial charge is 0.488 e. The fourth-order valence-electron chi connectivity index (χ4n) is 6.62. The van der Waals surface area contributed by atoms with Crippen molar-refractivity contribution in [1.82, 2.24) is 0 Å². The van der Waals surface area contributed by atoms with Crippen molar-refractivity contribution in [2.75, 3.05) is 0 Å². The first-order valence-corrected chi connectivity index (χ1v) is 24.5. The highest BCUT2D eigenvalue weighted by Crippen LogP contribution is 2.30. The van der Waals surface area contributed by atoms with Gasteiger partial charge in [-0.15, -0.1) is 0 Å². The van der Waals surface area contributed by atoms with Gasteiger partial charge in [0.15, 0.2) is 11.6 Å². The lowest BCUT2D eigenvalue weighted by molar-refractivity contribution is -0.147. The number of carbonyl (C=O) groups excluding carboxylic acids is 3. The minimum atomic E-state index is -1.51. The van der Waals surface area contributed by atoms with Gasteiger partial charge in [0, 0.05) is 47.0 Å². The van der Waals surface area contributed by atoms with Crippen molar-refractivity contribution < 1.29 is 103 Å². The zero-order valence-electron chi connectivity index (χ0n) is 42.6. The molecule has 0 saturated heterocycles. The van der Waals surface area contributed by atoms with E-state index in [0.29, 0.717) is 38.3 Å². The van der Waals surface area contributed by atoms with E-state index in [1.807, 2.05) is 0 Å². The molecule has 9 aromatic carbocycles. The number of phenols is 2. The van der Waals surface area contributed by atoms with Crippen molar-refractivity contribution in [2.24, 2.45) is 0 Å². The van der Waals surface area contributed by atoms with Gasteiger partial charge in [-0.25, -0.2) is 43.9 Å². The van der Waals surface area contributed by atoms with E-state index in [9.17, 15) is 63.1 Å². The monoisotopic (exact) mass is 1230 g/mol. The Bertz CT molecular complexity index is 3710. The van der Waals surface area contributed by atoms with Crippen LogP contribution in [0.2, 0.25) is 0 Å². The summed E-state index contributed by atoms with van der Waals surface area (Å²) in [5.41, 5.74) is 2.49. The Balaban J connectivity index is 0.000000205. The number of phenolic OH excluding ortho intramolecular Hbond substituents is 2. The number of aliphatic carboxylic acids is 1. The fraction of sp³-hybridized carbons (Fsp3) is 0.0333. The number of carbonyl (C=O) groups is 4. The summed E-state index contributed by atoms with van der Waals surface area (Å²) in [7, 11) is -1.51. The SMILES string of the molecule is O=C(CC(=O)Oc1ccc(-c2ccc(F)cc2)c(F)c1)Oc1ccc(F)c(F)c1.O=C(O)CC(=O)Oc1ccc(-c2ccc(F)cc2)c(F)c1.OB(O)c1ccc(F)cc1.Oc1ccc(-c2ccc(F)cc2)c(F)c1.Oc1ccc(Br)c(F)c1. The molecule has 0 atom stereocenters. The van der Waals surface area contributed by atoms with Crippen LogP contribution >= 0.6 is 15.9 Å². The second-order valence-electron chi connectivity index (χ2n) is 16.7. The Hall–Kier alpha value is -9.78. The van der Waals surface area contributed by atoms with Crippen molar-refractivity contribution in [3.8, 4) is 62.1 Å². The van der Waals surface area contributed by atoms with Gasteiger partial charge in [0.2, 0.25) is 0 Å². The number of hydrogen-bond donors (Lipinski definition) is 5. The Morgan fingerprint density at radius 3 is 1.02 bits per heavy atom. The van der Waals surface area contributed by atoms with Gasteiger partial charge in [0.1, 0.15) is 88.1 Å². The predicted molar refractivity (Wildman–Crippen MR) is 289 cm³/mol. The fourth-order valence-corrected chi connectivity index (χ4v) is 6.86. The zero-order chi connectivity index (χ0) is 61.6. The van der Waals surface area contributed by atoms with E-state index in [1.54, 1.807) is 0 Å². The van der Waals surface area contributed by atoms with E-state index in [-0.39, 0.29) is 51.5 Å². The molecule has 0 unspecified atom stereocenters. The number of aromatic hydroxyl groups is 2. The summed E-state index contributed by atoms with van der Waals surface area (Å²) in [6.45, 7) is 0. The largest absolute Gasteiger partial charge is 0.508 e. The van der Waals surface area contributed by atoms with Gasteiger partial charge >= 0.3 is 31.0 Å². The van der Waals surface area contributed by atoms with Crippen molar-refractivity contribution >= 4 is 52.4 Å². The summed E-state index contributed by atoms with van der Waals surface area (Å²) in [4.78, 5) is 45.0. The standard InChI is InChI=1S/C21H12F4O4.C15H10F2O4.C12H8F2O.C6H6BFO2.C6H4BrFO/c22-13-3-1-12(2-4-13)16-7-5-14(9-18(16)24)28-20(26)11-21(27)29-15-6-8-17(23)19(25)10-15;16-10-3-1-9(2-4-10)12-6-5-11(7-13(12)17)21-15(20)8-14(18)19;13-9-3-1-8(2-4-9)11-6-5-10(15)7-12(11)14;8-6-3-1-5(2-4-6)7(9)10;7-5-2-1-4(9)3-6(5)8/h1-10H,11H2;1-7H,8H2,(H,18,19);1-7,15H;1-4,9-10H;1-3,9H. The lowest BCUT2D eigenvalue weighted by Crippen LogP contribution is -2.29. The van der Waals surface area contributed by atoms with E-state index in [2.05, 4.69) is 15.9 Å². The van der Waals surface area contributed by atoms with Gasteiger partial charge in [-0.1, -0.05) is 48.5 Å². The van der Waals surface area contributed by atoms with Crippen LogP contribution in [0.15, 0.2) is 193 Å². The molecular formula is C60H40BBrF10O12. The first-order valence-electron chi connectivity index (χ1n) is 23.7. The lowest BCUT2D eigenvalue weighted by Gasteiger charge is -2.08. The topological polar surface area (TPSA) is 197 Å². The summed E-state index contributed by atoms with van der Waals surface area (Å²) >= 11 is 2.94. The van der Waals surface area contributed by atoms with Crippen LogP contribution in [0.3, 0.4) is 0 Å². The Labute approximate surface area is 478 Å². The number of benzene rings is 9. The van der Waals surface area contributed by atoms with E-state index < -0.39 is 90.4 Å². The minimum absolute atomic E-state index is 0.0595. The number of halogens is 11. The van der Waals surface area contributed by atoms with Crippen molar-refractivity contribution in [3.63, 3.8) is 0 Å². The molecule has 0 radical (unpaired) electrons. The third kappa shape index (κ3) is 21.3. The maximum absolute atomic E-state index is 14.3. The first-order chi connectivity index (χ1) is 39.8. The highest BCUT2D eigenvalue weighted by Gasteiger charge is 2.18. The quantitative estimate of drug-likeness (QED) is 0.0271. The van der Waals surface area contributed by atoms with Crippen LogP contribution in [0.4, 0.5) is 43.9 Å². The number of esters is 3. The molecule has 0 aliphatic carbocycles. The van der Waals surface area contributed by atoms with Crippen LogP contribution in [0, 0.1) is 58.2 Å². The van der Waals surface area contributed by atoms with Gasteiger partial charge in [-0.3, -0.25) is 19.2 Å². The van der Waals surface area contributed by atoms with Crippen molar-refractivity contribution in [3.05, 3.63) is 251 Å². The van der Waals surface area contributed by atoms with Crippen LogP contribution in [-0.4, -0.2) is 56.4 Å². The zero-order valence-corrected chi connectivity index (χ0v) is 44.2.